The molecule has 146 valence electrons. The molecule has 1 saturated heterocycles. The van der Waals surface area contributed by atoms with E-state index in [1.54, 1.807) is 23.2 Å². The van der Waals surface area contributed by atoms with Crippen LogP contribution in [0, 0.1) is 12.7 Å². The van der Waals surface area contributed by atoms with Crippen LogP contribution in [0.3, 0.4) is 0 Å². The van der Waals surface area contributed by atoms with E-state index in [2.05, 4.69) is 20.6 Å². The molecule has 3 rings (SSSR count). The third kappa shape index (κ3) is 5.10. The highest BCUT2D eigenvalue weighted by molar-refractivity contribution is 7.09. The zero-order valence-corrected chi connectivity index (χ0v) is 17.5. The molecule has 0 aliphatic carbocycles. The van der Waals surface area contributed by atoms with Gasteiger partial charge in [-0.15, -0.1) is 11.3 Å². The van der Waals surface area contributed by atoms with Crippen LogP contribution in [0.4, 0.5) is 9.18 Å². The van der Waals surface area contributed by atoms with Crippen LogP contribution in [-0.2, 0) is 6.54 Å². The number of nitrogens with one attached hydrogen (secondary N) is 1. The normalized spacial score (nSPS) is 16.4. The topological polar surface area (TPSA) is 48.5 Å². The second-order valence-corrected chi connectivity index (χ2v) is 8.46. The van der Waals surface area contributed by atoms with Crippen molar-refractivity contribution < 1.29 is 9.18 Å². The molecule has 1 aromatic carbocycles. The molecule has 2 heterocycles. The molecule has 5 nitrogen and oxygen atoms in total. The van der Waals surface area contributed by atoms with Crippen molar-refractivity contribution in [2.24, 2.45) is 0 Å². The van der Waals surface area contributed by atoms with E-state index in [1.165, 1.54) is 12.1 Å². The highest BCUT2D eigenvalue weighted by Crippen LogP contribution is 2.28. The molecule has 1 aromatic heterocycles. The standard InChI is InChI=1S/C18H21Cl2FN4OS/c1-11(14-7-17(21)16(20)8-15(14)19)22-18(26)25-5-3-24(4-6-25)9-13-10-27-12(2)23-13/h7-8,10-11H,3-6,9H2,1-2H3,(H,22,26). The number of urea groups is 1. The number of halogens is 3. The molecule has 1 fully saturated rings. The number of aromatic nitrogens is 1. The molecule has 1 aliphatic rings. The number of hydrogen-bond donors (Lipinski definition) is 1. The molecule has 9 heteroatoms. The van der Waals surface area contributed by atoms with Gasteiger partial charge in [0.15, 0.2) is 0 Å². The zero-order chi connectivity index (χ0) is 19.6. The minimum atomic E-state index is -0.553. The van der Waals surface area contributed by atoms with Crippen LogP contribution in [0.15, 0.2) is 17.5 Å². The lowest BCUT2D eigenvalue weighted by molar-refractivity contribution is 0.133. The van der Waals surface area contributed by atoms with E-state index >= 15 is 0 Å². The van der Waals surface area contributed by atoms with Crippen molar-refractivity contribution >= 4 is 40.6 Å². The average molecular weight is 431 g/mol. The van der Waals surface area contributed by atoms with Crippen LogP contribution in [-0.4, -0.2) is 47.0 Å². The molecule has 1 N–H and O–H groups in total. The summed E-state index contributed by atoms with van der Waals surface area (Å²) in [5.74, 6) is -0.553. The molecule has 2 amide bonds. The number of rotatable bonds is 4. The number of carbonyl (C=O) groups is 1. The lowest BCUT2D eigenvalue weighted by atomic mass is 10.1. The summed E-state index contributed by atoms with van der Waals surface area (Å²) < 4.78 is 13.7. The van der Waals surface area contributed by atoms with Crippen molar-refractivity contribution in [3.05, 3.63) is 49.6 Å². The van der Waals surface area contributed by atoms with Gasteiger partial charge in [-0.3, -0.25) is 4.90 Å². The van der Waals surface area contributed by atoms with Crippen molar-refractivity contribution in [3.63, 3.8) is 0 Å². The van der Waals surface area contributed by atoms with Gasteiger partial charge in [0.25, 0.3) is 0 Å². The molecule has 27 heavy (non-hydrogen) atoms. The average Bonchev–Trinajstić information content (AvgIpc) is 3.03. The van der Waals surface area contributed by atoms with E-state index < -0.39 is 11.9 Å². The fourth-order valence-corrected chi connectivity index (χ4v) is 4.19. The molecule has 0 saturated carbocycles. The third-order valence-corrected chi connectivity index (χ3v) is 6.00. The lowest BCUT2D eigenvalue weighted by Gasteiger charge is -2.35. The molecule has 1 atom stereocenters. The highest BCUT2D eigenvalue weighted by Gasteiger charge is 2.23. The molecule has 0 bridgehead atoms. The number of piperazine rings is 1. The Kier molecular flexibility index (Phi) is 6.57. The van der Waals surface area contributed by atoms with Gasteiger partial charge in [-0.25, -0.2) is 14.2 Å². The summed E-state index contributed by atoms with van der Waals surface area (Å²) in [5, 5.41) is 6.32. The van der Waals surface area contributed by atoms with Gasteiger partial charge in [0.2, 0.25) is 0 Å². The van der Waals surface area contributed by atoms with Crippen LogP contribution in [0.25, 0.3) is 0 Å². The van der Waals surface area contributed by atoms with Crippen molar-refractivity contribution in [3.8, 4) is 0 Å². The van der Waals surface area contributed by atoms with Gasteiger partial charge < -0.3 is 10.2 Å². The van der Waals surface area contributed by atoms with Crippen molar-refractivity contribution in [1.82, 2.24) is 20.1 Å². The van der Waals surface area contributed by atoms with Gasteiger partial charge >= 0.3 is 6.03 Å². The lowest BCUT2D eigenvalue weighted by Crippen LogP contribution is -2.51. The Bertz CT molecular complexity index is 824. The Labute approximate surface area is 172 Å². The Morgan fingerprint density at radius 1 is 1.30 bits per heavy atom. The fourth-order valence-electron chi connectivity index (χ4n) is 3.04. The maximum absolute atomic E-state index is 13.7. The Morgan fingerprint density at radius 2 is 2.00 bits per heavy atom. The van der Waals surface area contributed by atoms with E-state index in [0.717, 1.165) is 30.3 Å². The van der Waals surface area contributed by atoms with Gasteiger partial charge in [-0.2, -0.15) is 0 Å². The molecular weight excluding hydrogens is 410 g/mol. The molecule has 1 unspecified atom stereocenters. The summed E-state index contributed by atoms with van der Waals surface area (Å²) in [5.41, 5.74) is 1.58. The molecule has 0 spiro atoms. The van der Waals surface area contributed by atoms with Crippen molar-refractivity contribution in [2.45, 2.75) is 26.4 Å². The first-order valence-corrected chi connectivity index (χ1v) is 10.3. The van der Waals surface area contributed by atoms with Crippen LogP contribution < -0.4 is 5.32 Å². The van der Waals surface area contributed by atoms with E-state index in [9.17, 15) is 9.18 Å². The summed E-state index contributed by atoms with van der Waals surface area (Å²) >= 11 is 13.5. The third-order valence-electron chi connectivity index (χ3n) is 4.56. The second-order valence-electron chi connectivity index (χ2n) is 6.58. The number of carbonyl (C=O) groups excluding carboxylic acids is 1. The van der Waals surface area contributed by atoms with Crippen molar-refractivity contribution in [1.29, 1.82) is 0 Å². The number of nitrogens with zero attached hydrogens (tertiary/aromatic N) is 3. The predicted octanol–water partition coefficient (Wildman–Crippen LogP) is 4.49. The Morgan fingerprint density at radius 3 is 2.63 bits per heavy atom. The van der Waals surface area contributed by atoms with Gasteiger partial charge in [0, 0.05) is 43.1 Å². The second kappa shape index (κ2) is 8.73. The Hall–Kier alpha value is -1.41. The molecule has 2 aromatic rings. The Balaban J connectivity index is 1.52. The van der Waals surface area contributed by atoms with Gasteiger partial charge in [0.05, 0.1) is 21.8 Å². The summed E-state index contributed by atoms with van der Waals surface area (Å²) in [7, 11) is 0. The molecular formula is C18H21Cl2FN4OS. The number of amides is 2. The SMILES string of the molecule is Cc1nc(CN2CCN(C(=O)NC(C)c3cc(F)c(Cl)cc3Cl)CC2)cs1. The number of aryl methyl sites for hydroxylation is 1. The fraction of sp³-hybridized carbons (Fsp3) is 0.444. The largest absolute Gasteiger partial charge is 0.331 e. The minimum Gasteiger partial charge on any atom is -0.331 e. The van der Waals surface area contributed by atoms with Crippen molar-refractivity contribution in [2.75, 3.05) is 26.2 Å². The maximum atomic E-state index is 13.7. The number of hydrogen-bond acceptors (Lipinski definition) is 4. The highest BCUT2D eigenvalue weighted by atomic mass is 35.5. The van der Waals surface area contributed by atoms with Crippen LogP contribution in [0.1, 0.15) is 29.2 Å². The number of benzene rings is 1. The first kappa shape index (κ1) is 20.3. The monoisotopic (exact) mass is 430 g/mol. The molecule has 0 radical (unpaired) electrons. The van der Waals surface area contributed by atoms with Crippen LogP contribution >= 0.6 is 34.5 Å². The quantitative estimate of drug-likeness (QED) is 0.726. The summed E-state index contributed by atoms with van der Waals surface area (Å²) in [6.45, 7) is 7.40. The minimum absolute atomic E-state index is 0.0336. The predicted molar refractivity (Wildman–Crippen MR) is 107 cm³/mol. The number of thiazole rings is 1. The summed E-state index contributed by atoms with van der Waals surface area (Å²) in [4.78, 5) is 21.1. The van der Waals surface area contributed by atoms with Crippen LogP contribution in [0.2, 0.25) is 10.0 Å². The van der Waals surface area contributed by atoms with E-state index in [-0.39, 0.29) is 11.1 Å². The van der Waals surface area contributed by atoms with Gasteiger partial charge in [-0.05, 0) is 31.5 Å². The smallest absolute Gasteiger partial charge is 0.317 e. The maximum Gasteiger partial charge on any atom is 0.317 e. The van der Waals surface area contributed by atoms with E-state index in [0.29, 0.717) is 23.7 Å². The van der Waals surface area contributed by atoms with E-state index in [4.69, 9.17) is 23.2 Å². The summed E-state index contributed by atoms with van der Waals surface area (Å²) in [6, 6.07) is 2.02. The first-order valence-electron chi connectivity index (χ1n) is 8.66. The molecule has 1 aliphatic heterocycles. The first-order chi connectivity index (χ1) is 12.8. The van der Waals surface area contributed by atoms with Gasteiger partial charge in [-0.1, -0.05) is 23.2 Å². The summed E-state index contributed by atoms with van der Waals surface area (Å²) in [6.07, 6.45) is 0. The van der Waals surface area contributed by atoms with Gasteiger partial charge in [0.1, 0.15) is 5.82 Å². The van der Waals surface area contributed by atoms with E-state index in [1.807, 2.05) is 6.92 Å². The zero-order valence-electron chi connectivity index (χ0n) is 15.1. The van der Waals surface area contributed by atoms with Crippen LogP contribution in [0.5, 0.6) is 0 Å².